The lowest BCUT2D eigenvalue weighted by molar-refractivity contribution is -0.119. The number of ether oxygens (including phenoxy) is 1. The number of hydrogen-bond donors (Lipinski definition) is 2. The SMILES string of the molecule is Cl.O=C(CC1CNCCO1)Nc1cccc(-c2cnco2)c1. The number of nitrogens with zero attached hydrogens (tertiary/aromatic N) is 1. The summed E-state index contributed by atoms with van der Waals surface area (Å²) in [5.41, 5.74) is 1.61. The van der Waals surface area contributed by atoms with Gasteiger partial charge in [0, 0.05) is 24.3 Å². The average Bonchev–Trinajstić information content (AvgIpc) is 3.02. The molecule has 22 heavy (non-hydrogen) atoms. The van der Waals surface area contributed by atoms with Crippen LogP contribution in [-0.2, 0) is 9.53 Å². The van der Waals surface area contributed by atoms with Crippen LogP contribution in [-0.4, -0.2) is 36.7 Å². The summed E-state index contributed by atoms with van der Waals surface area (Å²) in [6.45, 7) is 2.21. The minimum atomic E-state index is -0.0591. The van der Waals surface area contributed by atoms with Gasteiger partial charge >= 0.3 is 0 Å². The summed E-state index contributed by atoms with van der Waals surface area (Å²) >= 11 is 0. The minimum absolute atomic E-state index is 0. The van der Waals surface area contributed by atoms with Crippen LogP contribution in [0.3, 0.4) is 0 Å². The van der Waals surface area contributed by atoms with Crippen molar-refractivity contribution in [1.82, 2.24) is 10.3 Å². The maximum Gasteiger partial charge on any atom is 0.227 e. The predicted octanol–water partition coefficient (Wildman–Crippen LogP) is 2.08. The Kier molecular flexibility index (Phi) is 5.94. The van der Waals surface area contributed by atoms with Crippen molar-refractivity contribution >= 4 is 24.0 Å². The summed E-state index contributed by atoms with van der Waals surface area (Å²) in [5, 5.41) is 6.09. The third-order valence-electron chi connectivity index (χ3n) is 3.28. The molecule has 0 saturated carbocycles. The third-order valence-corrected chi connectivity index (χ3v) is 3.28. The van der Waals surface area contributed by atoms with Gasteiger partial charge in [-0.25, -0.2) is 4.98 Å². The van der Waals surface area contributed by atoms with Crippen LogP contribution in [0.25, 0.3) is 11.3 Å². The number of oxazole rings is 1. The Labute approximate surface area is 134 Å². The molecule has 3 rings (SSSR count). The Morgan fingerprint density at radius 3 is 3.09 bits per heavy atom. The summed E-state index contributed by atoms with van der Waals surface area (Å²) < 4.78 is 10.8. The number of rotatable bonds is 4. The van der Waals surface area contributed by atoms with Crippen molar-refractivity contribution in [3.05, 3.63) is 36.9 Å². The monoisotopic (exact) mass is 323 g/mol. The van der Waals surface area contributed by atoms with Crippen LogP contribution < -0.4 is 10.6 Å². The molecule has 1 aromatic carbocycles. The Morgan fingerprint density at radius 1 is 1.45 bits per heavy atom. The summed E-state index contributed by atoms with van der Waals surface area (Å²) in [4.78, 5) is 15.9. The second kappa shape index (κ2) is 7.93. The number of hydrogen-bond acceptors (Lipinski definition) is 5. The highest BCUT2D eigenvalue weighted by molar-refractivity contribution is 5.91. The van der Waals surface area contributed by atoms with E-state index in [0.717, 1.165) is 17.8 Å². The number of carbonyl (C=O) groups excluding carboxylic acids is 1. The third kappa shape index (κ3) is 4.30. The van der Waals surface area contributed by atoms with E-state index in [1.54, 1.807) is 6.20 Å². The number of halogens is 1. The molecule has 1 amide bonds. The molecule has 1 aliphatic rings. The minimum Gasteiger partial charge on any atom is -0.444 e. The molecule has 1 saturated heterocycles. The molecule has 1 unspecified atom stereocenters. The number of nitrogens with one attached hydrogen (secondary N) is 2. The van der Waals surface area contributed by atoms with E-state index in [0.29, 0.717) is 25.3 Å². The molecule has 1 fully saturated rings. The number of anilines is 1. The van der Waals surface area contributed by atoms with Gasteiger partial charge in [-0.15, -0.1) is 12.4 Å². The molecule has 6 nitrogen and oxygen atoms in total. The van der Waals surface area contributed by atoms with Crippen molar-refractivity contribution in [1.29, 1.82) is 0 Å². The first-order valence-electron chi connectivity index (χ1n) is 6.92. The quantitative estimate of drug-likeness (QED) is 0.901. The fraction of sp³-hybridized carbons (Fsp3) is 0.333. The molecule has 2 aromatic rings. The summed E-state index contributed by atoms with van der Waals surface area (Å²) in [6.07, 6.45) is 3.31. The van der Waals surface area contributed by atoms with Crippen molar-refractivity contribution in [2.24, 2.45) is 0 Å². The highest BCUT2D eigenvalue weighted by atomic mass is 35.5. The van der Waals surface area contributed by atoms with Crippen LogP contribution >= 0.6 is 12.4 Å². The molecule has 1 aromatic heterocycles. The van der Waals surface area contributed by atoms with E-state index in [9.17, 15) is 4.79 Å². The number of carbonyl (C=O) groups is 1. The Hall–Kier alpha value is -1.89. The first-order chi connectivity index (χ1) is 10.3. The van der Waals surface area contributed by atoms with Gasteiger partial charge in [-0.05, 0) is 12.1 Å². The fourth-order valence-electron chi connectivity index (χ4n) is 2.28. The lowest BCUT2D eigenvalue weighted by Crippen LogP contribution is -2.40. The van der Waals surface area contributed by atoms with Crippen molar-refractivity contribution in [2.45, 2.75) is 12.5 Å². The van der Waals surface area contributed by atoms with Crippen LogP contribution in [0.15, 0.2) is 41.3 Å². The molecule has 7 heteroatoms. The first-order valence-corrected chi connectivity index (χ1v) is 6.92. The normalized spacial score (nSPS) is 17.5. The first kappa shape index (κ1) is 16.5. The molecular weight excluding hydrogens is 306 g/mol. The van der Waals surface area contributed by atoms with Crippen molar-refractivity contribution in [3.63, 3.8) is 0 Å². The van der Waals surface area contributed by atoms with Crippen LogP contribution in [0.4, 0.5) is 5.69 Å². The van der Waals surface area contributed by atoms with Crippen molar-refractivity contribution in [2.75, 3.05) is 25.0 Å². The van der Waals surface area contributed by atoms with Gasteiger partial charge in [-0.2, -0.15) is 0 Å². The maximum absolute atomic E-state index is 12.0. The highest BCUT2D eigenvalue weighted by Crippen LogP contribution is 2.22. The lowest BCUT2D eigenvalue weighted by atomic mass is 10.1. The van der Waals surface area contributed by atoms with Crippen LogP contribution in [0.2, 0.25) is 0 Å². The summed E-state index contributed by atoms with van der Waals surface area (Å²) in [6, 6.07) is 7.48. The van der Waals surface area contributed by atoms with E-state index in [-0.39, 0.29) is 24.4 Å². The molecule has 0 bridgehead atoms. The zero-order valence-electron chi connectivity index (χ0n) is 12.0. The number of amides is 1. The highest BCUT2D eigenvalue weighted by Gasteiger charge is 2.17. The lowest BCUT2D eigenvalue weighted by Gasteiger charge is -2.23. The molecule has 1 aliphatic heterocycles. The van der Waals surface area contributed by atoms with E-state index in [2.05, 4.69) is 15.6 Å². The van der Waals surface area contributed by atoms with Gasteiger partial charge in [-0.1, -0.05) is 12.1 Å². The Balaban J connectivity index is 0.00000176. The number of morpholine rings is 1. The van der Waals surface area contributed by atoms with E-state index in [1.807, 2.05) is 24.3 Å². The van der Waals surface area contributed by atoms with E-state index in [4.69, 9.17) is 9.15 Å². The van der Waals surface area contributed by atoms with Crippen LogP contribution in [0.5, 0.6) is 0 Å². The van der Waals surface area contributed by atoms with Gasteiger partial charge in [0.2, 0.25) is 5.91 Å². The van der Waals surface area contributed by atoms with Crippen LogP contribution in [0, 0.1) is 0 Å². The smallest absolute Gasteiger partial charge is 0.227 e. The van der Waals surface area contributed by atoms with E-state index in [1.165, 1.54) is 6.39 Å². The van der Waals surface area contributed by atoms with Crippen molar-refractivity contribution in [3.8, 4) is 11.3 Å². The molecule has 118 valence electrons. The standard InChI is InChI=1S/C15H17N3O3.ClH/c19-15(7-13-8-16-4-5-20-13)18-12-3-1-2-11(6-12)14-9-17-10-21-14;/h1-3,6,9-10,13,16H,4-5,7-8H2,(H,18,19);1H. The van der Waals surface area contributed by atoms with Gasteiger partial charge in [0.1, 0.15) is 0 Å². The molecule has 0 radical (unpaired) electrons. The second-order valence-electron chi connectivity index (χ2n) is 4.90. The molecule has 0 spiro atoms. The van der Waals surface area contributed by atoms with E-state index >= 15 is 0 Å². The topological polar surface area (TPSA) is 76.4 Å². The number of benzene rings is 1. The average molecular weight is 324 g/mol. The van der Waals surface area contributed by atoms with Gasteiger partial charge < -0.3 is 19.8 Å². The largest absolute Gasteiger partial charge is 0.444 e. The van der Waals surface area contributed by atoms with Gasteiger partial charge in [0.15, 0.2) is 12.2 Å². The van der Waals surface area contributed by atoms with Crippen molar-refractivity contribution < 1.29 is 13.9 Å². The van der Waals surface area contributed by atoms with Gasteiger partial charge in [0.25, 0.3) is 0 Å². The fourth-order valence-corrected chi connectivity index (χ4v) is 2.28. The molecule has 2 N–H and O–H groups in total. The van der Waals surface area contributed by atoms with Crippen LogP contribution in [0.1, 0.15) is 6.42 Å². The van der Waals surface area contributed by atoms with Gasteiger partial charge in [-0.3, -0.25) is 4.79 Å². The zero-order chi connectivity index (χ0) is 14.5. The Morgan fingerprint density at radius 2 is 2.36 bits per heavy atom. The van der Waals surface area contributed by atoms with Gasteiger partial charge in [0.05, 0.1) is 25.3 Å². The molecule has 0 aliphatic carbocycles. The Bertz CT molecular complexity index is 598. The summed E-state index contributed by atoms with van der Waals surface area (Å²) in [5.74, 6) is 0.615. The second-order valence-corrected chi connectivity index (χ2v) is 4.90. The maximum atomic E-state index is 12.0. The predicted molar refractivity (Wildman–Crippen MR) is 85.0 cm³/mol. The molecule has 2 heterocycles. The zero-order valence-corrected chi connectivity index (χ0v) is 12.8. The molecule has 1 atom stereocenters. The summed E-state index contributed by atoms with van der Waals surface area (Å²) in [7, 11) is 0. The molecular formula is C15H18ClN3O3. The van der Waals surface area contributed by atoms with E-state index < -0.39 is 0 Å². The number of aromatic nitrogens is 1.